The molecule has 0 radical (unpaired) electrons. The molecular formula is C24H31N3O5. The number of aromatic nitrogens is 1. The number of rotatable bonds is 8. The van der Waals surface area contributed by atoms with E-state index in [1.807, 2.05) is 39.0 Å². The summed E-state index contributed by atoms with van der Waals surface area (Å²) in [5, 5.41) is 6.78. The quantitative estimate of drug-likeness (QED) is 0.632. The van der Waals surface area contributed by atoms with E-state index < -0.39 is 0 Å². The second kappa shape index (κ2) is 10.8. The minimum atomic E-state index is -0.143. The molecule has 1 saturated heterocycles. The number of likely N-dealkylation sites (tertiary alicyclic amines) is 1. The van der Waals surface area contributed by atoms with Crippen LogP contribution in [0.5, 0.6) is 11.5 Å². The van der Waals surface area contributed by atoms with E-state index in [1.54, 1.807) is 24.2 Å². The highest BCUT2D eigenvalue weighted by Crippen LogP contribution is 2.30. The average molecular weight is 442 g/mol. The molecule has 2 aromatic rings. The molecule has 1 atom stereocenters. The molecule has 1 aliphatic heterocycles. The number of nitrogens with zero attached hydrogens (tertiary/aromatic N) is 2. The van der Waals surface area contributed by atoms with Crippen molar-refractivity contribution >= 4 is 17.9 Å². The van der Waals surface area contributed by atoms with E-state index in [-0.39, 0.29) is 17.7 Å². The maximum Gasteiger partial charge on any atom is 0.246 e. The van der Waals surface area contributed by atoms with E-state index in [2.05, 4.69) is 10.5 Å². The molecule has 0 aliphatic carbocycles. The predicted octanol–water partition coefficient (Wildman–Crippen LogP) is 3.27. The Morgan fingerprint density at radius 3 is 2.81 bits per heavy atom. The Balaban J connectivity index is 1.63. The van der Waals surface area contributed by atoms with Crippen molar-refractivity contribution in [2.75, 3.05) is 26.7 Å². The Morgan fingerprint density at radius 1 is 1.31 bits per heavy atom. The number of amides is 2. The SMILES string of the molecule is CCNC(=O)[C@@H]1CCCN(C(=O)/C=C\c2ccc(OCc3c(C)noc3C)c(OC)c2)C1. The van der Waals surface area contributed by atoms with Crippen molar-refractivity contribution in [3.63, 3.8) is 0 Å². The minimum Gasteiger partial charge on any atom is -0.493 e. The minimum absolute atomic E-state index is 0.0193. The first-order valence-corrected chi connectivity index (χ1v) is 10.9. The molecule has 2 amide bonds. The molecule has 32 heavy (non-hydrogen) atoms. The molecule has 0 spiro atoms. The van der Waals surface area contributed by atoms with Gasteiger partial charge >= 0.3 is 0 Å². The number of hydrogen-bond acceptors (Lipinski definition) is 6. The molecule has 1 fully saturated rings. The van der Waals surface area contributed by atoms with Crippen LogP contribution in [0.1, 0.15) is 42.3 Å². The van der Waals surface area contributed by atoms with Gasteiger partial charge in [0.25, 0.3) is 0 Å². The lowest BCUT2D eigenvalue weighted by Crippen LogP contribution is -2.44. The first-order valence-electron chi connectivity index (χ1n) is 10.9. The number of piperidine rings is 1. The summed E-state index contributed by atoms with van der Waals surface area (Å²) in [6.45, 7) is 7.66. The summed E-state index contributed by atoms with van der Waals surface area (Å²) in [6.07, 6.45) is 4.93. The third kappa shape index (κ3) is 5.69. The van der Waals surface area contributed by atoms with Gasteiger partial charge in [-0.2, -0.15) is 0 Å². The molecule has 2 heterocycles. The van der Waals surface area contributed by atoms with Gasteiger partial charge in [-0.3, -0.25) is 9.59 Å². The zero-order chi connectivity index (χ0) is 23.1. The largest absolute Gasteiger partial charge is 0.493 e. The van der Waals surface area contributed by atoms with Gasteiger partial charge in [-0.05, 0) is 57.4 Å². The molecule has 8 nitrogen and oxygen atoms in total. The van der Waals surface area contributed by atoms with Crippen LogP contribution in [0.4, 0.5) is 0 Å². The van der Waals surface area contributed by atoms with Gasteiger partial charge in [0.1, 0.15) is 12.4 Å². The number of carbonyl (C=O) groups is 2. The summed E-state index contributed by atoms with van der Waals surface area (Å²) in [4.78, 5) is 26.5. The molecular weight excluding hydrogens is 410 g/mol. The van der Waals surface area contributed by atoms with Crippen LogP contribution in [-0.4, -0.2) is 48.6 Å². The second-order valence-electron chi connectivity index (χ2n) is 7.85. The van der Waals surface area contributed by atoms with Gasteiger partial charge in [-0.15, -0.1) is 0 Å². The van der Waals surface area contributed by atoms with E-state index in [1.165, 1.54) is 0 Å². The summed E-state index contributed by atoms with van der Waals surface area (Å²) in [5.74, 6) is 1.67. The molecule has 8 heteroatoms. The normalized spacial score (nSPS) is 16.2. The van der Waals surface area contributed by atoms with Crippen molar-refractivity contribution in [2.24, 2.45) is 5.92 Å². The number of benzene rings is 1. The number of nitrogens with one attached hydrogen (secondary N) is 1. The summed E-state index contributed by atoms with van der Waals surface area (Å²) in [6, 6.07) is 5.50. The van der Waals surface area contributed by atoms with Crippen LogP contribution in [0.2, 0.25) is 0 Å². The summed E-state index contributed by atoms with van der Waals surface area (Å²) < 4.78 is 16.5. The van der Waals surface area contributed by atoms with E-state index in [4.69, 9.17) is 14.0 Å². The van der Waals surface area contributed by atoms with Crippen LogP contribution in [0.15, 0.2) is 28.8 Å². The highest BCUT2D eigenvalue weighted by molar-refractivity contribution is 5.92. The molecule has 172 valence electrons. The van der Waals surface area contributed by atoms with Crippen molar-refractivity contribution in [3.05, 3.63) is 46.9 Å². The van der Waals surface area contributed by atoms with E-state index in [9.17, 15) is 9.59 Å². The van der Waals surface area contributed by atoms with Crippen molar-refractivity contribution in [3.8, 4) is 11.5 Å². The van der Waals surface area contributed by atoms with E-state index in [0.717, 1.165) is 35.4 Å². The highest BCUT2D eigenvalue weighted by atomic mass is 16.5. The fraction of sp³-hybridized carbons (Fsp3) is 0.458. The van der Waals surface area contributed by atoms with Crippen LogP contribution in [0, 0.1) is 19.8 Å². The average Bonchev–Trinajstić information content (AvgIpc) is 3.13. The van der Waals surface area contributed by atoms with Crippen molar-refractivity contribution in [2.45, 2.75) is 40.2 Å². The molecule has 3 rings (SSSR count). The molecule has 0 bridgehead atoms. The van der Waals surface area contributed by atoms with Crippen LogP contribution in [0.3, 0.4) is 0 Å². The second-order valence-corrected chi connectivity index (χ2v) is 7.85. The lowest BCUT2D eigenvalue weighted by Gasteiger charge is -2.31. The van der Waals surface area contributed by atoms with Crippen molar-refractivity contribution in [1.82, 2.24) is 15.4 Å². The zero-order valence-electron chi connectivity index (χ0n) is 19.1. The lowest BCUT2D eigenvalue weighted by atomic mass is 9.97. The number of hydrogen-bond donors (Lipinski definition) is 1. The monoisotopic (exact) mass is 441 g/mol. The molecule has 1 aliphatic rings. The van der Waals surface area contributed by atoms with Crippen molar-refractivity contribution < 1.29 is 23.6 Å². The van der Waals surface area contributed by atoms with Gasteiger partial charge in [-0.1, -0.05) is 11.2 Å². The highest BCUT2D eigenvalue weighted by Gasteiger charge is 2.27. The number of aryl methyl sites for hydroxylation is 2. The van der Waals surface area contributed by atoms with Gasteiger partial charge < -0.3 is 24.2 Å². The van der Waals surface area contributed by atoms with Gasteiger partial charge in [0, 0.05) is 25.7 Å². The Hall–Kier alpha value is -3.29. The van der Waals surface area contributed by atoms with Crippen LogP contribution in [-0.2, 0) is 16.2 Å². The maximum atomic E-state index is 12.7. The summed E-state index contributed by atoms with van der Waals surface area (Å²) >= 11 is 0. The van der Waals surface area contributed by atoms with E-state index in [0.29, 0.717) is 37.7 Å². The van der Waals surface area contributed by atoms with E-state index >= 15 is 0 Å². The number of carbonyl (C=O) groups excluding carboxylic acids is 2. The first-order chi connectivity index (χ1) is 15.4. The van der Waals surface area contributed by atoms with Crippen LogP contribution in [0.25, 0.3) is 6.08 Å². The Bertz CT molecular complexity index is 963. The summed E-state index contributed by atoms with van der Waals surface area (Å²) in [5.41, 5.74) is 2.53. The third-order valence-corrected chi connectivity index (χ3v) is 5.61. The van der Waals surface area contributed by atoms with Gasteiger partial charge in [-0.25, -0.2) is 0 Å². The van der Waals surface area contributed by atoms with Gasteiger partial charge in [0.2, 0.25) is 11.8 Å². The van der Waals surface area contributed by atoms with Crippen molar-refractivity contribution in [1.29, 1.82) is 0 Å². The predicted molar refractivity (Wildman–Crippen MR) is 120 cm³/mol. The molecule has 0 saturated carbocycles. The lowest BCUT2D eigenvalue weighted by molar-refractivity contribution is -0.132. The Labute approximate surface area is 188 Å². The Kier molecular flexibility index (Phi) is 7.92. The van der Waals surface area contributed by atoms with Gasteiger partial charge in [0.05, 0.1) is 24.3 Å². The summed E-state index contributed by atoms with van der Waals surface area (Å²) in [7, 11) is 1.58. The fourth-order valence-electron chi connectivity index (χ4n) is 3.75. The van der Waals surface area contributed by atoms with Crippen LogP contribution < -0.4 is 14.8 Å². The smallest absolute Gasteiger partial charge is 0.246 e. The number of ether oxygens (including phenoxy) is 2. The van der Waals surface area contributed by atoms with Crippen LogP contribution >= 0.6 is 0 Å². The molecule has 1 aromatic heterocycles. The topological polar surface area (TPSA) is 93.9 Å². The first kappa shape index (κ1) is 23.4. The fourth-order valence-corrected chi connectivity index (χ4v) is 3.75. The number of methoxy groups -OCH3 is 1. The molecule has 0 unspecified atom stereocenters. The maximum absolute atomic E-state index is 12.7. The van der Waals surface area contributed by atoms with Gasteiger partial charge in [0.15, 0.2) is 11.5 Å². The molecule has 1 aromatic carbocycles. The zero-order valence-corrected chi connectivity index (χ0v) is 19.1. The third-order valence-electron chi connectivity index (χ3n) is 5.61. The standard InChI is InChI=1S/C24H31N3O5/c1-5-25-24(29)19-7-6-12-27(14-19)23(28)11-9-18-8-10-21(22(13-18)30-4)31-15-20-16(2)26-32-17(20)3/h8-11,13,19H,5-7,12,14-15H2,1-4H3,(H,25,29)/b11-9-/t19-/m1/s1. The molecule has 1 N–H and O–H groups in total. The Morgan fingerprint density at radius 2 is 2.12 bits per heavy atom.